The first-order valence-corrected chi connectivity index (χ1v) is 9.10. The first-order valence-electron chi connectivity index (χ1n) is 8.72. The third-order valence-electron chi connectivity index (χ3n) is 4.05. The molecule has 0 spiro atoms. The molecule has 1 fully saturated rings. The summed E-state index contributed by atoms with van der Waals surface area (Å²) in [6, 6.07) is 5.55. The third-order valence-corrected chi connectivity index (χ3v) is 4.35. The van der Waals surface area contributed by atoms with Crippen molar-refractivity contribution in [2.75, 3.05) is 13.2 Å². The number of carbonyl (C=O) groups excluding carboxylic acids is 2. The molecule has 2 amide bonds. The fraction of sp³-hybridized carbons (Fsp3) is 0.316. The molecule has 1 heterocycles. The number of amides is 2. The van der Waals surface area contributed by atoms with Gasteiger partial charge in [0.05, 0.1) is 10.7 Å². The van der Waals surface area contributed by atoms with E-state index in [-0.39, 0.29) is 29.7 Å². The summed E-state index contributed by atoms with van der Waals surface area (Å²) < 4.78 is 23.5. The van der Waals surface area contributed by atoms with Crippen LogP contribution in [-0.4, -0.2) is 30.1 Å². The highest BCUT2D eigenvalue weighted by Crippen LogP contribution is 2.39. The summed E-state index contributed by atoms with van der Waals surface area (Å²) in [6.45, 7) is 3.73. The van der Waals surface area contributed by atoms with Crippen molar-refractivity contribution >= 4 is 23.4 Å². The average Bonchev–Trinajstić information content (AvgIpc) is 3.39. The summed E-state index contributed by atoms with van der Waals surface area (Å²) in [6.07, 6.45) is 2.46. The second-order valence-corrected chi connectivity index (χ2v) is 6.82. The van der Waals surface area contributed by atoms with Gasteiger partial charge in [-0.05, 0) is 25.0 Å². The van der Waals surface area contributed by atoms with Crippen LogP contribution < -0.4 is 15.4 Å². The summed E-state index contributed by atoms with van der Waals surface area (Å²) in [5.41, 5.74) is 1.22. The van der Waals surface area contributed by atoms with E-state index in [9.17, 15) is 14.0 Å². The van der Waals surface area contributed by atoms with Gasteiger partial charge in [0.15, 0.2) is 6.61 Å². The Bertz CT molecular complexity index is 895. The van der Waals surface area contributed by atoms with Gasteiger partial charge in [-0.3, -0.25) is 9.59 Å². The second kappa shape index (κ2) is 8.88. The smallest absolute Gasteiger partial charge is 0.294 e. The lowest BCUT2D eigenvalue weighted by Crippen LogP contribution is -2.31. The van der Waals surface area contributed by atoms with Crippen molar-refractivity contribution in [3.05, 3.63) is 58.8 Å². The zero-order valence-corrected chi connectivity index (χ0v) is 15.7. The molecule has 3 rings (SSSR count). The van der Waals surface area contributed by atoms with E-state index in [4.69, 9.17) is 20.9 Å². The van der Waals surface area contributed by atoms with Crippen LogP contribution in [0.25, 0.3) is 0 Å². The molecule has 9 heteroatoms. The fourth-order valence-electron chi connectivity index (χ4n) is 2.37. The monoisotopic (exact) mass is 407 g/mol. The summed E-state index contributed by atoms with van der Waals surface area (Å²) in [4.78, 5) is 23.8. The Balaban J connectivity index is 1.34. The Labute approximate surface area is 165 Å². The molecular formula is C19H19ClFN3O4. The average molecular weight is 408 g/mol. The van der Waals surface area contributed by atoms with Crippen LogP contribution in [0.5, 0.6) is 5.75 Å². The lowest BCUT2D eigenvalue weighted by atomic mass is 10.2. The van der Waals surface area contributed by atoms with Gasteiger partial charge < -0.3 is 19.9 Å². The van der Waals surface area contributed by atoms with Crippen LogP contribution in [0, 0.1) is 5.82 Å². The highest BCUT2D eigenvalue weighted by molar-refractivity contribution is 6.30. The second-order valence-electron chi connectivity index (χ2n) is 6.41. The molecule has 0 radical (unpaired) electrons. The molecule has 0 unspecified atom stereocenters. The van der Waals surface area contributed by atoms with Gasteiger partial charge in [-0.1, -0.05) is 23.3 Å². The van der Waals surface area contributed by atoms with Gasteiger partial charge >= 0.3 is 0 Å². The quantitative estimate of drug-likeness (QED) is 0.666. The van der Waals surface area contributed by atoms with Crippen molar-refractivity contribution in [2.24, 2.45) is 0 Å². The van der Waals surface area contributed by atoms with Crippen LogP contribution in [-0.2, 0) is 4.79 Å². The van der Waals surface area contributed by atoms with E-state index in [1.165, 1.54) is 12.1 Å². The molecule has 1 aliphatic carbocycles. The number of nitrogens with one attached hydrogen (secondary N) is 2. The lowest BCUT2D eigenvalue weighted by molar-refractivity contribution is -0.123. The summed E-state index contributed by atoms with van der Waals surface area (Å²) in [5.74, 6) is -0.706. The van der Waals surface area contributed by atoms with Crippen LogP contribution in [0.15, 0.2) is 41.1 Å². The first kappa shape index (κ1) is 19.9. The molecule has 1 aliphatic rings. The van der Waals surface area contributed by atoms with Gasteiger partial charge in [-0.25, -0.2) is 4.39 Å². The number of benzene rings is 1. The predicted molar refractivity (Wildman–Crippen MR) is 99.6 cm³/mol. The fourth-order valence-corrected chi connectivity index (χ4v) is 2.49. The zero-order valence-electron chi connectivity index (χ0n) is 15.0. The lowest BCUT2D eigenvalue weighted by Gasteiger charge is -2.09. The Morgan fingerprint density at radius 2 is 2.14 bits per heavy atom. The van der Waals surface area contributed by atoms with Gasteiger partial charge in [0, 0.05) is 36.7 Å². The van der Waals surface area contributed by atoms with E-state index in [1.54, 1.807) is 6.07 Å². The Kier molecular flexibility index (Phi) is 6.30. The van der Waals surface area contributed by atoms with Crippen molar-refractivity contribution in [3.63, 3.8) is 0 Å². The highest BCUT2D eigenvalue weighted by Gasteiger charge is 2.28. The minimum absolute atomic E-state index is 0.0218. The maximum atomic E-state index is 13.3. The van der Waals surface area contributed by atoms with Gasteiger partial charge in [0.1, 0.15) is 11.6 Å². The Morgan fingerprint density at radius 1 is 1.36 bits per heavy atom. The molecule has 1 aromatic heterocycles. The van der Waals surface area contributed by atoms with Gasteiger partial charge in [-0.2, -0.15) is 0 Å². The predicted octanol–water partition coefficient (Wildman–Crippen LogP) is 3.17. The minimum Gasteiger partial charge on any atom is -0.484 e. The maximum absolute atomic E-state index is 13.3. The largest absolute Gasteiger partial charge is 0.484 e. The molecule has 0 atom stereocenters. The van der Waals surface area contributed by atoms with Gasteiger partial charge in [-0.15, -0.1) is 0 Å². The number of hydrogen-bond donors (Lipinski definition) is 2. The molecular weight excluding hydrogens is 389 g/mol. The molecule has 28 heavy (non-hydrogen) atoms. The molecule has 1 aromatic carbocycles. The van der Waals surface area contributed by atoms with Crippen molar-refractivity contribution in [1.82, 2.24) is 15.8 Å². The van der Waals surface area contributed by atoms with E-state index in [0.717, 1.165) is 24.6 Å². The normalized spacial score (nSPS) is 13.1. The van der Waals surface area contributed by atoms with Crippen molar-refractivity contribution in [2.45, 2.75) is 25.2 Å². The number of rotatable bonds is 9. The van der Waals surface area contributed by atoms with Crippen LogP contribution >= 0.6 is 11.6 Å². The van der Waals surface area contributed by atoms with Crippen LogP contribution in [0.1, 0.15) is 41.4 Å². The number of aromatic nitrogens is 1. The van der Waals surface area contributed by atoms with E-state index in [0.29, 0.717) is 18.0 Å². The van der Waals surface area contributed by atoms with E-state index in [2.05, 4.69) is 22.4 Å². The standard InChI is InChI=1S/C19H19ClFN3O4/c1-11(23-19(26)17-9-16(24-28-17)12-2-3-12)6-7-22-18(25)10-27-13-4-5-14(20)15(21)8-13/h4-5,8-9,12H,1-3,6-7,10H2,(H,22,25)(H,23,26). The number of carbonyl (C=O) groups is 2. The van der Waals surface area contributed by atoms with E-state index < -0.39 is 17.6 Å². The number of nitrogens with zero attached hydrogens (tertiary/aromatic N) is 1. The number of halogens is 2. The SMILES string of the molecule is C=C(CCNC(=O)COc1ccc(Cl)c(F)c1)NC(=O)c1cc(C2CC2)no1. The highest BCUT2D eigenvalue weighted by atomic mass is 35.5. The molecule has 0 aliphatic heterocycles. The van der Waals surface area contributed by atoms with Crippen LogP contribution in [0.3, 0.4) is 0 Å². The molecule has 148 valence electrons. The number of hydrogen-bond acceptors (Lipinski definition) is 5. The zero-order chi connectivity index (χ0) is 20.1. The third kappa shape index (κ3) is 5.56. The molecule has 0 bridgehead atoms. The van der Waals surface area contributed by atoms with Crippen molar-refractivity contribution < 1.29 is 23.2 Å². The first-order chi connectivity index (χ1) is 13.4. The summed E-state index contributed by atoms with van der Waals surface area (Å²) in [5, 5.41) is 9.09. The minimum atomic E-state index is -0.623. The molecule has 7 nitrogen and oxygen atoms in total. The maximum Gasteiger partial charge on any atom is 0.294 e. The van der Waals surface area contributed by atoms with Crippen molar-refractivity contribution in [1.29, 1.82) is 0 Å². The topological polar surface area (TPSA) is 93.5 Å². The van der Waals surface area contributed by atoms with Gasteiger partial charge in [0.25, 0.3) is 11.8 Å². The van der Waals surface area contributed by atoms with Crippen molar-refractivity contribution in [3.8, 4) is 5.75 Å². The van der Waals surface area contributed by atoms with Crippen LogP contribution in [0.4, 0.5) is 4.39 Å². The Morgan fingerprint density at radius 3 is 2.86 bits per heavy atom. The van der Waals surface area contributed by atoms with E-state index >= 15 is 0 Å². The summed E-state index contributed by atoms with van der Waals surface area (Å²) in [7, 11) is 0. The molecule has 2 aromatic rings. The summed E-state index contributed by atoms with van der Waals surface area (Å²) >= 11 is 5.58. The molecule has 0 saturated heterocycles. The van der Waals surface area contributed by atoms with Gasteiger partial charge in [0.2, 0.25) is 5.76 Å². The number of ether oxygens (including phenoxy) is 1. The van der Waals surface area contributed by atoms with Crippen LogP contribution in [0.2, 0.25) is 5.02 Å². The Hall–Kier alpha value is -2.87. The van der Waals surface area contributed by atoms with E-state index in [1.807, 2.05) is 0 Å². The molecule has 2 N–H and O–H groups in total. The molecule has 1 saturated carbocycles.